The molecule has 0 radical (unpaired) electrons. The number of nitrogens with two attached hydrogens (primary N) is 1. The minimum atomic E-state index is -0.683. The number of amides is 3. The third kappa shape index (κ3) is 5.04. The van der Waals surface area contributed by atoms with Crippen LogP contribution >= 0.6 is 24.4 Å². The highest BCUT2D eigenvalue weighted by atomic mass is 32.1. The first kappa shape index (κ1) is 18.6. The molecule has 124 valence electrons. The zero-order valence-corrected chi connectivity index (χ0v) is 14.5. The zero-order chi connectivity index (χ0) is 17.6. The molecule has 1 rings (SSSR count). The second-order valence-corrected chi connectivity index (χ2v) is 5.10. The second kappa shape index (κ2) is 8.25. The van der Waals surface area contributed by atoms with Crippen molar-refractivity contribution in [3.8, 4) is 0 Å². The van der Waals surface area contributed by atoms with Crippen molar-refractivity contribution in [3.05, 3.63) is 24.3 Å². The number of nitrogens with one attached hydrogen (secondary N) is 2. The lowest BCUT2D eigenvalue weighted by atomic mass is 10.2. The highest BCUT2D eigenvalue weighted by molar-refractivity contribution is 7.80. The van der Waals surface area contributed by atoms with Crippen molar-refractivity contribution in [2.75, 3.05) is 31.4 Å². The van der Waals surface area contributed by atoms with Gasteiger partial charge in [-0.15, -0.1) is 0 Å². The highest BCUT2D eigenvalue weighted by Crippen LogP contribution is 2.25. The van der Waals surface area contributed by atoms with Gasteiger partial charge in [-0.25, -0.2) is 9.59 Å². The van der Waals surface area contributed by atoms with Gasteiger partial charge in [-0.05, 0) is 36.6 Å². The van der Waals surface area contributed by atoms with Gasteiger partial charge in [0, 0.05) is 14.1 Å². The molecule has 0 fully saturated rings. The third-order valence-electron chi connectivity index (χ3n) is 2.82. The number of alkyl carbamates (subject to hydrolysis) is 1. The van der Waals surface area contributed by atoms with Crippen LogP contribution in [0.4, 0.5) is 21.0 Å². The number of thiocarbonyl (C=S) groups is 2. The molecule has 0 aliphatic heterocycles. The number of rotatable bonds is 2. The Morgan fingerprint density at radius 3 is 2.39 bits per heavy atom. The molecule has 0 aliphatic carbocycles. The smallest absolute Gasteiger partial charge is 0.413 e. The van der Waals surface area contributed by atoms with Gasteiger partial charge >= 0.3 is 12.1 Å². The van der Waals surface area contributed by atoms with Gasteiger partial charge in [0.2, 0.25) is 0 Å². The standard InChI is InChI=1S/C13H17N5O3S2/c1-17(13(23)18(2)10(14)19)9-7-5-4-6-8(9)15-11(22)16-12(20)21-3/h4-7H,1-3H3,(H2,14,19)(H2,15,16,20,22). The number of urea groups is 1. The molecule has 0 unspecified atom stereocenters. The SMILES string of the molecule is COC(=O)NC(=S)Nc1ccccc1N(C)C(=S)N(C)C(N)=O. The maximum atomic E-state index is 11.2. The molecule has 0 saturated heterocycles. The topological polar surface area (TPSA) is 99.9 Å². The van der Waals surface area contributed by atoms with Gasteiger partial charge in [0.1, 0.15) is 0 Å². The predicted octanol–water partition coefficient (Wildman–Crippen LogP) is 1.47. The van der Waals surface area contributed by atoms with E-state index in [4.69, 9.17) is 30.2 Å². The largest absolute Gasteiger partial charge is 0.453 e. The van der Waals surface area contributed by atoms with E-state index in [9.17, 15) is 9.59 Å². The molecule has 0 aromatic heterocycles. The summed E-state index contributed by atoms with van der Waals surface area (Å²) < 4.78 is 4.47. The Balaban J connectivity index is 2.97. The van der Waals surface area contributed by atoms with Crippen LogP contribution in [0, 0.1) is 0 Å². The molecule has 4 N–H and O–H groups in total. The quantitative estimate of drug-likeness (QED) is 0.691. The van der Waals surface area contributed by atoms with Crippen molar-refractivity contribution >= 4 is 58.2 Å². The Hall–Kier alpha value is -2.46. The van der Waals surface area contributed by atoms with Gasteiger partial charge in [-0.2, -0.15) is 0 Å². The van der Waals surface area contributed by atoms with E-state index in [-0.39, 0.29) is 10.2 Å². The lowest BCUT2D eigenvalue weighted by molar-refractivity contribution is 0.177. The number of carbonyl (C=O) groups is 2. The molecule has 0 aliphatic rings. The van der Waals surface area contributed by atoms with E-state index in [1.807, 2.05) is 0 Å². The fourth-order valence-electron chi connectivity index (χ4n) is 1.59. The average Bonchev–Trinajstić information content (AvgIpc) is 2.52. The summed E-state index contributed by atoms with van der Waals surface area (Å²) in [6, 6.07) is 6.41. The first-order valence-electron chi connectivity index (χ1n) is 6.33. The van der Waals surface area contributed by atoms with E-state index in [1.54, 1.807) is 36.2 Å². The van der Waals surface area contributed by atoms with Crippen LogP contribution in [0.25, 0.3) is 0 Å². The number of nitrogens with zero attached hydrogens (tertiary/aromatic N) is 2. The van der Waals surface area contributed by atoms with Crippen molar-refractivity contribution in [1.29, 1.82) is 0 Å². The van der Waals surface area contributed by atoms with Gasteiger partial charge < -0.3 is 20.7 Å². The fraction of sp³-hybridized carbons (Fsp3) is 0.231. The first-order valence-corrected chi connectivity index (χ1v) is 7.15. The fourth-order valence-corrected chi connectivity index (χ4v) is 1.97. The maximum Gasteiger partial charge on any atom is 0.413 e. The number of ether oxygens (including phenoxy) is 1. The molecule has 0 atom stereocenters. The molecule has 8 nitrogen and oxygen atoms in total. The molecular weight excluding hydrogens is 338 g/mol. The first-order chi connectivity index (χ1) is 10.8. The van der Waals surface area contributed by atoms with Crippen LogP contribution in [0.1, 0.15) is 0 Å². The molecule has 1 aromatic rings. The van der Waals surface area contributed by atoms with E-state index < -0.39 is 12.1 Å². The molecule has 0 saturated carbocycles. The summed E-state index contributed by atoms with van der Waals surface area (Å²) in [5.74, 6) is 0. The summed E-state index contributed by atoms with van der Waals surface area (Å²) in [5, 5.41) is 5.47. The van der Waals surface area contributed by atoms with E-state index >= 15 is 0 Å². The number of hydrogen-bond acceptors (Lipinski definition) is 5. The van der Waals surface area contributed by atoms with Crippen LogP contribution in [-0.2, 0) is 4.74 Å². The molecule has 0 bridgehead atoms. The molecule has 1 aromatic carbocycles. The van der Waals surface area contributed by atoms with E-state index in [0.717, 1.165) is 4.90 Å². The zero-order valence-electron chi connectivity index (χ0n) is 12.8. The van der Waals surface area contributed by atoms with Crippen LogP contribution in [0.2, 0.25) is 0 Å². The highest BCUT2D eigenvalue weighted by Gasteiger charge is 2.18. The average molecular weight is 355 g/mol. The van der Waals surface area contributed by atoms with E-state index in [0.29, 0.717) is 11.4 Å². The normalized spacial score (nSPS) is 9.52. The Kier molecular flexibility index (Phi) is 6.66. The lowest BCUT2D eigenvalue weighted by Gasteiger charge is -2.27. The van der Waals surface area contributed by atoms with Gasteiger partial charge in [-0.1, -0.05) is 12.1 Å². The Labute approximate surface area is 144 Å². The van der Waals surface area contributed by atoms with Crippen LogP contribution in [0.3, 0.4) is 0 Å². The summed E-state index contributed by atoms with van der Waals surface area (Å²) in [6.07, 6.45) is -0.683. The number of anilines is 2. The summed E-state index contributed by atoms with van der Waals surface area (Å²) >= 11 is 10.2. The van der Waals surface area contributed by atoms with Gasteiger partial charge in [-0.3, -0.25) is 10.2 Å². The van der Waals surface area contributed by atoms with Crippen molar-refractivity contribution in [2.45, 2.75) is 0 Å². The molecule has 10 heteroatoms. The Bertz CT molecular complexity index is 638. The minimum absolute atomic E-state index is 0.0619. The third-order valence-corrected chi connectivity index (χ3v) is 3.57. The second-order valence-electron chi connectivity index (χ2n) is 4.33. The van der Waals surface area contributed by atoms with E-state index in [1.165, 1.54) is 14.2 Å². The monoisotopic (exact) mass is 355 g/mol. The van der Waals surface area contributed by atoms with E-state index in [2.05, 4.69) is 15.4 Å². The van der Waals surface area contributed by atoms with Crippen LogP contribution in [0.5, 0.6) is 0 Å². The molecule has 0 spiro atoms. The van der Waals surface area contributed by atoms with Crippen LogP contribution in [-0.4, -0.2) is 48.5 Å². The van der Waals surface area contributed by atoms with Gasteiger partial charge in [0.15, 0.2) is 10.2 Å². The molecule has 0 heterocycles. The van der Waals surface area contributed by atoms with Crippen LogP contribution in [0.15, 0.2) is 24.3 Å². The summed E-state index contributed by atoms with van der Waals surface area (Å²) in [6.45, 7) is 0. The van der Waals surface area contributed by atoms with Crippen molar-refractivity contribution in [1.82, 2.24) is 10.2 Å². The molecule has 23 heavy (non-hydrogen) atoms. The number of methoxy groups -OCH3 is 1. The van der Waals surface area contributed by atoms with Crippen molar-refractivity contribution in [3.63, 3.8) is 0 Å². The summed E-state index contributed by atoms with van der Waals surface area (Å²) in [7, 11) is 4.39. The molecular formula is C13H17N5O3S2. The summed E-state index contributed by atoms with van der Waals surface area (Å²) in [5.41, 5.74) is 6.44. The predicted molar refractivity (Wildman–Crippen MR) is 96.6 cm³/mol. The van der Waals surface area contributed by atoms with Crippen LogP contribution < -0.4 is 21.3 Å². The number of primary amides is 1. The van der Waals surface area contributed by atoms with Gasteiger partial charge in [0.25, 0.3) is 0 Å². The van der Waals surface area contributed by atoms with Gasteiger partial charge in [0.05, 0.1) is 18.5 Å². The Morgan fingerprint density at radius 1 is 1.22 bits per heavy atom. The number of benzene rings is 1. The lowest BCUT2D eigenvalue weighted by Crippen LogP contribution is -2.45. The summed E-state index contributed by atoms with van der Waals surface area (Å²) in [4.78, 5) is 25.1. The molecule has 3 amide bonds. The Morgan fingerprint density at radius 2 is 1.83 bits per heavy atom. The number of carbonyl (C=O) groups excluding carboxylic acids is 2. The minimum Gasteiger partial charge on any atom is -0.453 e. The van der Waals surface area contributed by atoms with Crippen molar-refractivity contribution < 1.29 is 14.3 Å². The maximum absolute atomic E-state index is 11.2. The number of hydrogen-bond donors (Lipinski definition) is 3. The number of para-hydroxylation sites is 2. The van der Waals surface area contributed by atoms with Crippen molar-refractivity contribution in [2.24, 2.45) is 5.73 Å².